The van der Waals surface area contributed by atoms with E-state index in [1.54, 1.807) is 42.0 Å². The second-order valence-corrected chi connectivity index (χ2v) is 18.6. The molecule has 0 aliphatic carbocycles. The molecule has 19 nitrogen and oxygen atoms in total. The van der Waals surface area contributed by atoms with E-state index >= 15 is 4.39 Å². The van der Waals surface area contributed by atoms with Gasteiger partial charge in [-0.3, -0.25) is 39.3 Å². The van der Waals surface area contributed by atoms with Gasteiger partial charge in [0, 0.05) is 107 Å². The Morgan fingerprint density at radius 3 is 2.48 bits per heavy atom. The quantitative estimate of drug-likeness (QED) is 0.174. The van der Waals surface area contributed by atoms with Gasteiger partial charge in [0.2, 0.25) is 11.8 Å². The molecule has 7 aromatic rings. The van der Waals surface area contributed by atoms with Gasteiger partial charge < -0.3 is 24.4 Å². The molecule has 344 valence electrons. The van der Waals surface area contributed by atoms with Crippen molar-refractivity contribution in [1.82, 2.24) is 49.3 Å². The number of fused-ring (bicyclic) bond motifs is 3. The highest BCUT2D eigenvalue weighted by molar-refractivity contribution is 7.13. The summed E-state index contributed by atoms with van der Waals surface area (Å²) < 4.78 is 21.1. The maximum atomic E-state index is 15.9. The van der Waals surface area contributed by atoms with Crippen LogP contribution in [0.15, 0.2) is 72.8 Å². The Morgan fingerprint density at radius 2 is 1.72 bits per heavy atom. The number of hydrogen-bond donors (Lipinski definition) is 3. The van der Waals surface area contributed by atoms with Gasteiger partial charge >= 0.3 is 6.03 Å². The number of piperazine rings is 1. The number of carbonyl (C=O) groups excluding carboxylic acids is 4. The van der Waals surface area contributed by atoms with E-state index in [-0.39, 0.29) is 37.1 Å². The number of aliphatic hydroxyl groups is 1. The standard InChI is InChI=1S/C46H47FN14O5S/c1-55-36-23-37(49-25-31(36)42(54-55)60-13-8-38(62)51-45(60)65)57-14-9-46(66,10-15-57)24-39(63)58-18-16-56(17-19-58)30-6-4-28(5-7-30)29-21-33(47)32-26-61(53-34(32)22-29)41(43(64)52-44-48-11-20-67-44)40-35-3-2-12-59(35)27-50-40/h4-7,11,20-23,25-27,41,66H,2-3,8-10,12-19,24H2,1H3,(H,48,52,64)(H,51,62,65). The molecule has 2 aromatic carbocycles. The highest BCUT2D eigenvalue weighted by atomic mass is 32.1. The number of halogens is 1. The number of aromatic nitrogens is 8. The van der Waals surface area contributed by atoms with Crippen molar-refractivity contribution in [2.24, 2.45) is 7.05 Å². The summed E-state index contributed by atoms with van der Waals surface area (Å²) in [5, 5.41) is 29.4. The van der Waals surface area contributed by atoms with E-state index in [1.807, 2.05) is 41.3 Å². The lowest BCUT2D eigenvalue weighted by atomic mass is 9.87. The van der Waals surface area contributed by atoms with Crippen LogP contribution < -0.4 is 25.3 Å². The van der Waals surface area contributed by atoms with Crippen molar-refractivity contribution in [3.8, 4) is 11.1 Å². The summed E-state index contributed by atoms with van der Waals surface area (Å²) in [5.74, 6) is -0.0349. The molecule has 0 spiro atoms. The summed E-state index contributed by atoms with van der Waals surface area (Å²) in [5.41, 5.74) is 4.07. The molecular weight excluding hydrogens is 880 g/mol. The van der Waals surface area contributed by atoms with Crippen LogP contribution in [-0.4, -0.2) is 124 Å². The molecule has 4 aliphatic rings. The van der Waals surface area contributed by atoms with Crippen molar-refractivity contribution in [3.63, 3.8) is 0 Å². The molecule has 21 heteroatoms. The Morgan fingerprint density at radius 1 is 0.910 bits per heavy atom. The largest absolute Gasteiger partial charge is 0.389 e. The van der Waals surface area contributed by atoms with Gasteiger partial charge in [0.15, 0.2) is 17.0 Å². The summed E-state index contributed by atoms with van der Waals surface area (Å²) >= 11 is 1.31. The first kappa shape index (κ1) is 42.4. The molecule has 1 unspecified atom stereocenters. The van der Waals surface area contributed by atoms with E-state index in [9.17, 15) is 24.3 Å². The SMILES string of the molecule is Cn1nc(N2CCC(=O)NC2=O)c2cnc(N3CCC(O)(CC(=O)N4CCN(c5ccc(-c6cc(F)c7cn(C(C(=O)Nc8nccs8)c8ncn9c8CCC9)nc7c6)cc5)CC4)CC3)cc21. The number of piperidine rings is 1. The zero-order chi connectivity index (χ0) is 46.0. The van der Waals surface area contributed by atoms with E-state index in [0.29, 0.717) is 96.4 Å². The van der Waals surface area contributed by atoms with Gasteiger partial charge in [-0.1, -0.05) is 12.1 Å². The first-order chi connectivity index (χ1) is 32.5. The van der Waals surface area contributed by atoms with E-state index in [0.717, 1.165) is 41.8 Å². The Bertz CT molecular complexity index is 3060. The minimum Gasteiger partial charge on any atom is -0.389 e. The normalized spacial score (nSPS) is 17.9. The van der Waals surface area contributed by atoms with Crippen molar-refractivity contribution < 1.29 is 28.7 Å². The number of nitrogens with one attached hydrogen (secondary N) is 2. The second kappa shape index (κ2) is 16.9. The van der Waals surface area contributed by atoms with Crippen LogP contribution in [-0.2, 0) is 34.4 Å². The Balaban J connectivity index is 0.707. The minimum atomic E-state index is -1.14. The van der Waals surface area contributed by atoms with Crippen molar-refractivity contribution >= 4 is 79.3 Å². The van der Waals surface area contributed by atoms with Crippen molar-refractivity contribution in [2.45, 2.75) is 56.7 Å². The number of hydrogen-bond acceptors (Lipinski definition) is 13. The molecule has 4 aliphatic heterocycles. The number of nitrogens with zero attached hydrogens (tertiary/aromatic N) is 12. The van der Waals surface area contributed by atoms with E-state index in [4.69, 9.17) is 5.10 Å². The molecule has 3 fully saturated rings. The molecule has 3 N–H and O–H groups in total. The number of urea groups is 1. The number of anilines is 4. The van der Waals surface area contributed by atoms with Gasteiger partial charge in [-0.15, -0.1) is 11.3 Å². The molecule has 0 saturated carbocycles. The van der Waals surface area contributed by atoms with Crippen LogP contribution in [0.25, 0.3) is 32.9 Å². The number of thiazole rings is 1. The lowest BCUT2D eigenvalue weighted by molar-refractivity contribution is -0.137. The van der Waals surface area contributed by atoms with E-state index < -0.39 is 23.5 Å². The Hall–Kier alpha value is -7.26. The maximum Gasteiger partial charge on any atom is 0.329 e. The van der Waals surface area contributed by atoms with Gasteiger partial charge in [0.25, 0.3) is 5.91 Å². The smallest absolute Gasteiger partial charge is 0.329 e. The molecule has 0 radical (unpaired) electrons. The third-order valence-corrected chi connectivity index (χ3v) is 14.2. The molecule has 3 saturated heterocycles. The van der Waals surface area contributed by atoms with E-state index in [1.165, 1.54) is 27.0 Å². The molecular formula is C46H47FN14O5S. The number of carbonyl (C=O) groups is 4. The number of rotatable bonds is 10. The van der Waals surface area contributed by atoms with Crippen molar-refractivity contribution in [3.05, 3.63) is 90.0 Å². The summed E-state index contributed by atoms with van der Waals surface area (Å²) in [6.07, 6.45) is 9.41. The average molecular weight is 927 g/mol. The number of pyridine rings is 1. The van der Waals surface area contributed by atoms with Crippen LogP contribution in [0.3, 0.4) is 0 Å². The lowest BCUT2D eigenvalue weighted by Crippen LogP contribution is -2.52. The average Bonchev–Trinajstić information content (AvgIpc) is 4.19. The molecule has 9 heterocycles. The van der Waals surface area contributed by atoms with Crippen LogP contribution in [0.4, 0.5) is 31.6 Å². The maximum absolute atomic E-state index is 15.9. The Kier molecular flexibility index (Phi) is 10.7. The molecule has 5 aromatic heterocycles. The predicted octanol–water partition coefficient (Wildman–Crippen LogP) is 4.47. The summed E-state index contributed by atoms with van der Waals surface area (Å²) in [4.78, 5) is 72.6. The summed E-state index contributed by atoms with van der Waals surface area (Å²) in [6, 6.07) is 11.7. The van der Waals surface area contributed by atoms with Crippen LogP contribution in [0.5, 0.6) is 0 Å². The van der Waals surface area contributed by atoms with Crippen LogP contribution in [0.2, 0.25) is 0 Å². The Labute approximate surface area is 386 Å². The van der Waals surface area contributed by atoms with Crippen LogP contribution in [0, 0.1) is 5.82 Å². The fourth-order valence-corrected chi connectivity index (χ4v) is 10.4. The number of aryl methyl sites for hydroxylation is 2. The second-order valence-electron chi connectivity index (χ2n) is 17.7. The van der Waals surface area contributed by atoms with Gasteiger partial charge in [-0.2, -0.15) is 10.2 Å². The first-order valence-electron chi connectivity index (χ1n) is 22.4. The molecule has 67 heavy (non-hydrogen) atoms. The monoisotopic (exact) mass is 926 g/mol. The number of imide groups is 1. The highest BCUT2D eigenvalue weighted by Gasteiger charge is 2.38. The predicted molar refractivity (Wildman–Crippen MR) is 248 cm³/mol. The zero-order valence-corrected chi connectivity index (χ0v) is 37.5. The summed E-state index contributed by atoms with van der Waals surface area (Å²) in [6.45, 7) is 4.37. The number of imidazole rings is 1. The van der Waals surface area contributed by atoms with Crippen LogP contribution in [0.1, 0.15) is 49.5 Å². The zero-order valence-electron chi connectivity index (χ0n) is 36.6. The lowest BCUT2D eigenvalue weighted by Gasteiger charge is -2.41. The molecule has 5 amide bonds. The number of amides is 5. The number of benzene rings is 2. The van der Waals surface area contributed by atoms with Gasteiger partial charge in [-0.25, -0.2) is 24.1 Å². The highest BCUT2D eigenvalue weighted by Crippen LogP contribution is 2.35. The van der Waals surface area contributed by atoms with Gasteiger partial charge in [0.1, 0.15) is 11.6 Å². The third-order valence-electron chi connectivity index (χ3n) is 13.5. The third kappa shape index (κ3) is 8.00. The fraction of sp³-hybridized carbons (Fsp3) is 0.370. The van der Waals surface area contributed by atoms with Gasteiger partial charge in [-0.05, 0) is 61.1 Å². The van der Waals surface area contributed by atoms with Crippen molar-refractivity contribution in [1.29, 1.82) is 0 Å². The first-order valence-corrected chi connectivity index (χ1v) is 23.3. The van der Waals surface area contributed by atoms with Crippen LogP contribution >= 0.6 is 11.3 Å². The van der Waals surface area contributed by atoms with Gasteiger partial charge in [0.05, 0.1) is 45.8 Å². The van der Waals surface area contributed by atoms with Crippen molar-refractivity contribution in [2.75, 3.05) is 65.8 Å². The summed E-state index contributed by atoms with van der Waals surface area (Å²) in [7, 11) is 1.79. The topological polar surface area (TPSA) is 205 Å². The van der Waals surface area contributed by atoms with E-state index in [2.05, 4.69) is 45.1 Å². The molecule has 11 rings (SSSR count). The molecule has 0 bridgehead atoms. The minimum absolute atomic E-state index is 0.0402. The fourth-order valence-electron chi connectivity index (χ4n) is 9.82. The molecule has 1 atom stereocenters.